The smallest absolute Gasteiger partial charge is 0.162 e. The van der Waals surface area contributed by atoms with Crippen LogP contribution in [0.4, 0.5) is 5.82 Å². The Kier molecular flexibility index (Phi) is 8.86. The van der Waals surface area contributed by atoms with E-state index >= 15 is 0 Å². The second kappa shape index (κ2) is 12.1. The van der Waals surface area contributed by atoms with Gasteiger partial charge in [-0.25, -0.2) is 9.97 Å². The summed E-state index contributed by atoms with van der Waals surface area (Å²) in [6.45, 7) is 17.7. The summed E-state index contributed by atoms with van der Waals surface area (Å²) in [6.07, 6.45) is 3.05. The van der Waals surface area contributed by atoms with Crippen molar-refractivity contribution in [1.29, 1.82) is 0 Å². The van der Waals surface area contributed by atoms with Gasteiger partial charge >= 0.3 is 0 Å². The molecule has 37 heavy (non-hydrogen) atoms. The maximum Gasteiger partial charge on any atom is 0.162 e. The lowest BCUT2D eigenvalue weighted by atomic mass is 9.96. The summed E-state index contributed by atoms with van der Waals surface area (Å²) in [4.78, 5) is 15.3. The Bertz CT molecular complexity index is 1200. The molecule has 1 fully saturated rings. The van der Waals surface area contributed by atoms with E-state index in [0.717, 1.165) is 79.7 Å². The van der Waals surface area contributed by atoms with Gasteiger partial charge in [0.1, 0.15) is 18.2 Å². The SMILES string of the molecule is CCc1cccc(CC)c1-c1nc(C)c(COc2cc(C(C)C)ccc2C)c(N2CCCN(C)CC2)n1. The zero-order valence-electron chi connectivity index (χ0n) is 23.9. The van der Waals surface area contributed by atoms with Gasteiger partial charge in [0, 0.05) is 25.2 Å². The highest BCUT2D eigenvalue weighted by molar-refractivity contribution is 5.68. The van der Waals surface area contributed by atoms with Crippen molar-refractivity contribution < 1.29 is 4.74 Å². The fourth-order valence-electron chi connectivity index (χ4n) is 5.19. The summed E-state index contributed by atoms with van der Waals surface area (Å²) in [7, 11) is 2.21. The van der Waals surface area contributed by atoms with Crippen molar-refractivity contribution in [2.45, 2.75) is 73.3 Å². The molecule has 1 saturated heterocycles. The second-order valence-electron chi connectivity index (χ2n) is 10.7. The van der Waals surface area contributed by atoms with Crippen molar-refractivity contribution in [2.75, 3.05) is 38.1 Å². The molecule has 1 aliphatic rings. The molecule has 3 aromatic rings. The van der Waals surface area contributed by atoms with Crippen LogP contribution in [0.3, 0.4) is 0 Å². The van der Waals surface area contributed by atoms with E-state index in [-0.39, 0.29) is 0 Å². The molecule has 0 bridgehead atoms. The van der Waals surface area contributed by atoms with Gasteiger partial charge in [-0.1, -0.05) is 58.0 Å². The summed E-state index contributed by atoms with van der Waals surface area (Å²) >= 11 is 0. The van der Waals surface area contributed by atoms with Crippen LogP contribution in [0.5, 0.6) is 5.75 Å². The minimum atomic E-state index is 0.461. The van der Waals surface area contributed by atoms with Crippen molar-refractivity contribution in [3.63, 3.8) is 0 Å². The first-order valence-electron chi connectivity index (χ1n) is 14.0. The van der Waals surface area contributed by atoms with Crippen molar-refractivity contribution in [3.8, 4) is 17.1 Å². The Hall–Kier alpha value is -2.92. The molecule has 0 radical (unpaired) electrons. The number of anilines is 1. The zero-order valence-corrected chi connectivity index (χ0v) is 23.9. The Morgan fingerprint density at radius 2 is 1.65 bits per heavy atom. The normalized spacial score (nSPS) is 14.8. The van der Waals surface area contributed by atoms with Gasteiger partial charge in [0.2, 0.25) is 0 Å². The summed E-state index contributed by atoms with van der Waals surface area (Å²) in [6, 6.07) is 13.2. The molecule has 0 unspecified atom stereocenters. The predicted octanol–water partition coefficient (Wildman–Crippen LogP) is 6.73. The van der Waals surface area contributed by atoms with Crippen LogP contribution in [0.25, 0.3) is 11.4 Å². The molecule has 1 aromatic heterocycles. The predicted molar refractivity (Wildman–Crippen MR) is 155 cm³/mol. The fourth-order valence-corrected chi connectivity index (χ4v) is 5.19. The second-order valence-corrected chi connectivity index (χ2v) is 10.7. The molecule has 0 amide bonds. The third-order valence-electron chi connectivity index (χ3n) is 7.68. The molecular weight excluding hydrogens is 456 g/mol. The maximum absolute atomic E-state index is 6.50. The van der Waals surface area contributed by atoms with E-state index in [9.17, 15) is 0 Å². The molecule has 4 rings (SSSR count). The number of ether oxygens (including phenoxy) is 1. The number of nitrogens with zero attached hydrogens (tertiary/aromatic N) is 4. The lowest BCUT2D eigenvalue weighted by Crippen LogP contribution is -2.31. The zero-order chi connectivity index (χ0) is 26.5. The quantitative estimate of drug-likeness (QED) is 0.343. The average molecular weight is 501 g/mol. The number of benzene rings is 2. The highest BCUT2D eigenvalue weighted by Crippen LogP contribution is 2.32. The van der Waals surface area contributed by atoms with Crippen LogP contribution >= 0.6 is 0 Å². The van der Waals surface area contributed by atoms with Crippen molar-refractivity contribution >= 4 is 5.82 Å². The minimum absolute atomic E-state index is 0.461. The number of hydrogen-bond donors (Lipinski definition) is 0. The molecule has 2 aromatic carbocycles. The van der Waals surface area contributed by atoms with Gasteiger partial charge in [-0.15, -0.1) is 0 Å². The van der Waals surface area contributed by atoms with E-state index in [1.807, 2.05) is 0 Å². The van der Waals surface area contributed by atoms with E-state index < -0.39 is 0 Å². The van der Waals surface area contributed by atoms with Crippen LogP contribution in [-0.2, 0) is 19.4 Å². The van der Waals surface area contributed by atoms with Crippen LogP contribution in [0.2, 0.25) is 0 Å². The maximum atomic E-state index is 6.50. The van der Waals surface area contributed by atoms with E-state index in [0.29, 0.717) is 12.5 Å². The molecule has 0 aliphatic carbocycles. The van der Waals surface area contributed by atoms with E-state index in [4.69, 9.17) is 14.7 Å². The van der Waals surface area contributed by atoms with Gasteiger partial charge < -0.3 is 14.5 Å². The van der Waals surface area contributed by atoms with E-state index in [1.54, 1.807) is 0 Å². The molecule has 5 nitrogen and oxygen atoms in total. The largest absolute Gasteiger partial charge is 0.488 e. The summed E-state index contributed by atoms with van der Waals surface area (Å²) in [5.41, 5.74) is 8.37. The first-order chi connectivity index (χ1) is 17.8. The van der Waals surface area contributed by atoms with Crippen LogP contribution in [-0.4, -0.2) is 48.1 Å². The first-order valence-corrected chi connectivity index (χ1v) is 14.0. The topological polar surface area (TPSA) is 41.5 Å². The summed E-state index contributed by atoms with van der Waals surface area (Å²) < 4.78 is 6.50. The molecule has 0 spiro atoms. The van der Waals surface area contributed by atoms with Gasteiger partial charge in [0.15, 0.2) is 5.82 Å². The first kappa shape index (κ1) is 27.1. The molecule has 2 heterocycles. The van der Waals surface area contributed by atoms with Gasteiger partial charge in [-0.05, 0) is 80.9 Å². The van der Waals surface area contributed by atoms with Crippen molar-refractivity contribution in [2.24, 2.45) is 0 Å². The number of aryl methyl sites for hydroxylation is 4. The molecule has 0 N–H and O–H groups in total. The lowest BCUT2D eigenvalue weighted by Gasteiger charge is -2.26. The number of likely N-dealkylation sites (N-methyl/N-ethyl adjacent to an activating group) is 1. The molecule has 1 aliphatic heterocycles. The molecular formula is C32H44N4O. The summed E-state index contributed by atoms with van der Waals surface area (Å²) in [5, 5.41) is 0. The van der Waals surface area contributed by atoms with Crippen molar-refractivity contribution in [3.05, 3.63) is 69.9 Å². The standard InChI is InChI=1S/C32H44N4O/c1-8-25-12-10-13-26(9-2)30(25)31-33-24(6)28(32(34-31)36-17-11-16-35(7)18-19-36)21-37-29-20-27(22(3)4)15-14-23(29)5/h10,12-15,20,22H,8-9,11,16-19,21H2,1-7H3. The van der Waals surface area contributed by atoms with Crippen LogP contribution < -0.4 is 9.64 Å². The number of aromatic nitrogens is 2. The average Bonchev–Trinajstić information content (AvgIpc) is 3.11. The van der Waals surface area contributed by atoms with Gasteiger partial charge in [-0.2, -0.15) is 0 Å². The Morgan fingerprint density at radius 1 is 0.919 bits per heavy atom. The van der Waals surface area contributed by atoms with Crippen LogP contribution in [0, 0.1) is 13.8 Å². The van der Waals surface area contributed by atoms with Crippen molar-refractivity contribution in [1.82, 2.24) is 14.9 Å². The number of rotatable bonds is 8. The summed E-state index contributed by atoms with van der Waals surface area (Å²) in [5.74, 6) is 3.29. The highest BCUT2D eigenvalue weighted by atomic mass is 16.5. The third kappa shape index (κ3) is 6.15. The third-order valence-corrected chi connectivity index (χ3v) is 7.68. The van der Waals surface area contributed by atoms with Crippen LogP contribution in [0.15, 0.2) is 36.4 Å². The minimum Gasteiger partial charge on any atom is -0.488 e. The van der Waals surface area contributed by atoms with Gasteiger partial charge in [0.05, 0.1) is 11.3 Å². The Balaban J connectivity index is 1.78. The molecule has 0 atom stereocenters. The van der Waals surface area contributed by atoms with Crippen LogP contribution in [0.1, 0.15) is 73.5 Å². The molecule has 198 valence electrons. The monoisotopic (exact) mass is 500 g/mol. The molecule has 0 saturated carbocycles. The van der Waals surface area contributed by atoms with E-state index in [2.05, 4.69) is 94.8 Å². The Labute approximate surface area is 223 Å². The fraction of sp³-hybridized carbons (Fsp3) is 0.500. The van der Waals surface area contributed by atoms with E-state index in [1.165, 1.54) is 22.3 Å². The highest BCUT2D eigenvalue weighted by Gasteiger charge is 2.23. The number of hydrogen-bond acceptors (Lipinski definition) is 5. The Morgan fingerprint density at radius 3 is 2.32 bits per heavy atom. The van der Waals surface area contributed by atoms with Gasteiger partial charge in [-0.3, -0.25) is 0 Å². The van der Waals surface area contributed by atoms with Gasteiger partial charge in [0.25, 0.3) is 0 Å². The molecule has 5 heteroatoms. The lowest BCUT2D eigenvalue weighted by molar-refractivity contribution is 0.302.